The lowest BCUT2D eigenvalue weighted by Gasteiger charge is -2.41. The lowest BCUT2D eigenvalue weighted by atomic mass is 9.78. The average molecular weight is 249 g/mol. The van der Waals surface area contributed by atoms with Gasteiger partial charge in [0.25, 0.3) is 6.43 Å². The van der Waals surface area contributed by atoms with E-state index in [1.54, 1.807) is 19.0 Å². The fourth-order valence-electron chi connectivity index (χ4n) is 2.56. The number of nitrogens with two attached hydrogens (primary N) is 1. The molecule has 0 bridgehead atoms. The van der Waals surface area contributed by atoms with Crippen molar-refractivity contribution in [1.29, 1.82) is 0 Å². The molecule has 4 nitrogen and oxygen atoms in total. The molecule has 0 aromatic rings. The minimum Gasteiger partial charge on any atom is -0.368 e. The Morgan fingerprint density at radius 3 is 2.76 bits per heavy atom. The minimum absolute atomic E-state index is 0.0160. The van der Waals surface area contributed by atoms with E-state index in [2.05, 4.69) is 5.32 Å². The predicted molar refractivity (Wildman–Crippen MR) is 61.9 cm³/mol. The van der Waals surface area contributed by atoms with E-state index in [-0.39, 0.29) is 12.6 Å². The van der Waals surface area contributed by atoms with Crippen molar-refractivity contribution in [2.75, 3.05) is 20.6 Å². The molecule has 1 rings (SSSR count). The second-order valence-electron chi connectivity index (χ2n) is 4.78. The van der Waals surface area contributed by atoms with Gasteiger partial charge in [-0.2, -0.15) is 0 Å². The maximum atomic E-state index is 12.3. The van der Waals surface area contributed by atoms with Crippen LogP contribution in [-0.2, 0) is 4.79 Å². The molecule has 0 radical (unpaired) electrons. The molecule has 17 heavy (non-hydrogen) atoms. The Morgan fingerprint density at radius 1 is 1.65 bits per heavy atom. The molecule has 1 aliphatic carbocycles. The Labute approximate surface area is 101 Å². The number of alkyl halides is 2. The standard InChI is InChI=1S/C11H21F2N3O/c1-15-11(10(14)17)5-3-4-8(6-11)16(2)7-9(12)13/h8-9,15H,3-7H2,1-2H3,(H2,14,17). The summed E-state index contributed by atoms with van der Waals surface area (Å²) in [5.74, 6) is -0.393. The fraction of sp³-hybridized carbons (Fsp3) is 0.909. The summed E-state index contributed by atoms with van der Waals surface area (Å²) in [6.07, 6.45) is 0.487. The summed E-state index contributed by atoms with van der Waals surface area (Å²) in [5.41, 5.74) is 4.67. The summed E-state index contributed by atoms with van der Waals surface area (Å²) in [5, 5.41) is 2.97. The monoisotopic (exact) mass is 249 g/mol. The lowest BCUT2D eigenvalue weighted by molar-refractivity contribution is -0.126. The molecule has 3 N–H and O–H groups in total. The van der Waals surface area contributed by atoms with Crippen molar-refractivity contribution in [3.63, 3.8) is 0 Å². The van der Waals surface area contributed by atoms with Gasteiger partial charge in [0.1, 0.15) is 0 Å². The van der Waals surface area contributed by atoms with E-state index >= 15 is 0 Å². The van der Waals surface area contributed by atoms with E-state index in [9.17, 15) is 13.6 Å². The summed E-state index contributed by atoms with van der Waals surface area (Å²) in [4.78, 5) is 13.1. The molecule has 0 aromatic carbocycles. The highest BCUT2D eigenvalue weighted by molar-refractivity contribution is 5.84. The number of hydrogen-bond acceptors (Lipinski definition) is 3. The van der Waals surface area contributed by atoms with Gasteiger partial charge in [-0.25, -0.2) is 8.78 Å². The molecule has 1 fully saturated rings. The topological polar surface area (TPSA) is 58.4 Å². The third-order valence-corrected chi connectivity index (χ3v) is 3.72. The van der Waals surface area contributed by atoms with Gasteiger partial charge in [-0.15, -0.1) is 0 Å². The van der Waals surface area contributed by atoms with Crippen molar-refractivity contribution in [1.82, 2.24) is 10.2 Å². The van der Waals surface area contributed by atoms with Crippen molar-refractivity contribution in [3.8, 4) is 0 Å². The van der Waals surface area contributed by atoms with Gasteiger partial charge in [0, 0.05) is 6.04 Å². The SMILES string of the molecule is CNC1(C(N)=O)CCCC(N(C)CC(F)F)C1. The van der Waals surface area contributed by atoms with Crippen LogP contribution < -0.4 is 11.1 Å². The number of rotatable bonds is 5. The predicted octanol–water partition coefficient (Wildman–Crippen LogP) is 0.569. The Hall–Kier alpha value is -0.750. The van der Waals surface area contributed by atoms with Crippen molar-refractivity contribution in [2.24, 2.45) is 5.73 Å². The molecular formula is C11H21F2N3O. The van der Waals surface area contributed by atoms with Crippen LogP contribution in [0.5, 0.6) is 0 Å². The van der Waals surface area contributed by atoms with E-state index in [1.165, 1.54) is 0 Å². The van der Waals surface area contributed by atoms with E-state index in [0.29, 0.717) is 12.8 Å². The van der Waals surface area contributed by atoms with Gasteiger partial charge in [0.05, 0.1) is 12.1 Å². The third kappa shape index (κ3) is 3.35. The Balaban J connectivity index is 2.68. The van der Waals surface area contributed by atoms with Gasteiger partial charge in [0.15, 0.2) is 0 Å². The zero-order chi connectivity index (χ0) is 13.1. The summed E-state index contributed by atoms with van der Waals surface area (Å²) in [6, 6.07) is -0.0160. The number of hydrogen-bond donors (Lipinski definition) is 2. The molecule has 100 valence electrons. The van der Waals surface area contributed by atoms with Crippen molar-refractivity contribution >= 4 is 5.91 Å². The smallest absolute Gasteiger partial charge is 0.251 e. The lowest BCUT2D eigenvalue weighted by Crippen LogP contribution is -2.59. The van der Waals surface area contributed by atoms with E-state index in [1.807, 2.05) is 0 Å². The molecule has 6 heteroatoms. The summed E-state index contributed by atoms with van der Waals surface area (Å²) < 4.78 is 24.6. The highest BCUT2D eigenvalue weighted by Crippen LogP contribution is 2.30. The first-order valence-electron chi connectivity index (χ1n) is 5.88. The van der Waals surface area contributed by atoms with Crippen LogP contribution in [0.4, 0.5) is 8.78 Å². The number of amides is 1. The Kier molecular flexibility index (Phi) is 4.82. The molecule has 1 aliphatic rings. The zero-order valence-corrected chi connectivity index (χ0v) is 10.4. The number of primary amides is 1. The molecule has 2 atom stereocenters. The second kappa shape index (κ2) is 5.73. The molecule has 0 heterocycles. The molecule has 1 amide bonds. The third-order valence-electron chi connectivity index (χ3n) is 3.72. The summed E-state index contributed by atoms with van der Waals surface area (Å²) in [7, 11) is 3.36. The highest BCUT2D eigenvalue weighted by Gasteiger charge is 2.41. The summed E-state index contributed by atoms with van der Waals surface area (Å²) in [6.45, 7) is -0.261. The first kappa shape index (κ1) is 14.3. The van der Waals surface area contributed by atoms with Crippen LogP contribution in [0.2, 0.25) is 0 Å². The zero-order valence-electron chi connectivity index (χ0n) is 10.4. The molecule has 2 unspecified atom stereocenters. The Morgan fingerprint density at radius 2 is 2.29 bits per heavy atom. The van der Waals surface area contributed by atoms with Gasteiger partial charge in [-0.3, -0.25) is 9.69 Å². The normalized spacial score (nSPS) is 29.9. The molecule has 0 spiro atoms. The maximum absolute atomic E-state index is 12.3. The fourth-order valence-corrected chi connectivity index (χ4v) is 2.56. The molecule has 0 saturated heterocycles. The second-order valence-corrected chi connectivity index (χ2v) is 4.78. The highest BCUT2D eigenvalue weighted by atomic mass is 19.3. The van der Waals surface area contributed by atoms with E-state index < -0.39 is 17.9 Å². The first-order valence-corrected chi connectivity index (χ1v) is 5.88. The van der Waals surface area contributed by atoms with E-state index in [4.69, 9.17) is 5.73 Å². The van der Waals surface area contributed by atoms with E-state index in [0.717, 1.165) is 12.8 Å². The number of nitrogens with zero attached hydrogens (tertiary/aromatic N) is 1. The van der Waals surface area contributed by atoms with Crippen LogP contribution in [0.3, 0.4) is 0 Å². The van der Waals surface area contributed by atoms with Gasteiger partial charge in [0.2, 0.25) is 5.91 Å². The average Bonchev–Trinajstić information content (AvgIpc) is 2.28. The van der Waals surface area contributed by atoms with Crippen LogP contribution in [0, 0.1) is 0 Å². The largest absolute Gasteiger partial charge is 0.368 e. The Bertz CT molecular complexity index is 275. The number of carbonyl (C=O) groups is 1. The van der Waals surface area contributed by atoms with Gasteiger partial charge < -0.3 is 11.1 Å². The number of carbonyl (C=O) groups excluding carboxylic acids is 1. The molecule has 0 aromatic heterocycles. The van der Waals surface area contributed by atoms with Crippen LogP contribution in [0.15, 0.2) is 0 Å². The maximum Gasteiger partial charge on any atom is 0.251 e. The number of likely N-dealkylation sites (N-methyl/N-ethyl adjacent to an activating group) is 1. The van der Waals surface area contributed by atoms with Crippen molar-refractivity contribution in [3.05, 3.63) is 0 Å². The van der Waals surface area contributed by atoms with Crippen molar-refractivity contribution in [2.45, 2.75) is 43.7 Å². The minimum atomic E-state index is -2.35. The molecule has 0 aliphatic heterocycles. The van der Waals surface area contributed by atoms with Crippen LogP contribution in [0.25, 0.3) is 0 Å². The van der Waals surface area contributed by atoms with Crippen LogP contribution in [-0.4, -0.2) is 49.5 Å². The molecular weight excluding hydrogens is 228 g/mol. The van der Waals surface area contributed by atoms with Gasteiger partial charge >= 0.3 is 0 Å². The number of nitrogens with one attached hydrogen (secondary N) is 1. The number of halogens is 2. The van der Waals surface area contributed by atoms with Gasteiger partial charge in [-0.1, -0.05) is 0 Å². The van der Waals surface area contributed by atoms with Crippen LogP contribution in [0.1, 0.15) is 25.7 Å². The first-order chi connectivity index (χ1) is 7.91. The van der Waals surface area contributed by atoms with Crippen LogP contribution >= 0.6 is 0 Å². The van der Waals surface area contributed by atoms with Gasteiger partial charge in [-0.05, 0) is 39.8 Å². The summed E-state index contributed by atoms with van der Waals surface area (Å²) >= 11 is 0. The molecule has 1 saturated carbocycles. The van der Waals surface area contributed by atoms with Crippen molar-refractivity contribution < 1.29 is 13.6 Å². The quantitative estimate of drug-likeness (QED) is 0.749.